The first-order chi connectivity index (χ1) is 7.43. The normalized spacial score (nSPS) is 8.25. The summed E-state index contributed by atoms with van der Waals surface area (Å²) in [6.07, 6.45) is 0. The molecular formula is C7H7N3O6. The summed E-state index contributed by atoms with van der Waals surface area (Å²) >= 11 is 0. The number of nitro groups is 2. The Morgan fingerprint density at radius 3 is 1.75 bits per heavy atom. The molecular weight excluding hydrogens is 222 g/mol. The van der Waals surface area contributed by atoms with Crippen molar-refractivity contribution >= 4 is 5.97 Å². The van der Waals surface area contributed by atoms with Gasteiger partial charge in [-0.2, -0.15) is 0 Å². The van der Waals surface area contributed by atoms with Gasteiger partial charge in [-0.05, 0) is 12.1 Å². The summed E-state index contributed by atoms with van der Waals surface area (Å²) in [4.78, 5) is 28.3. The lowest BCUT2D eigenvalue weighted by Crippen LogP contribution is -2.27. The van der Waals surface area contributed by atoms with E-state index in [1.54, 1.807) is 30.3 Å². The number of carboxylic acids is 1. The second-order valence-corrected chi connectivity index (χ2v) is 2.29. The Labute approximate surface area is 88.6 Å². The van der Waals surface area contributed by atoms with E-state index in [2.05, 4.69) is 0 Å². The van der Waals surface area contributed by atoms with Gasteiger partial charge in [-0.3, -0.25) is 0 Å². The lowest BCUT2D eigenvalue weighted by molar-refractivity contribution is -0.778. The molecule has 0 fully saturated rings. The molecule has 0 radical (unpaired) electrons. The largest absolute Gasteiger partial charge is 0.478 e. The average Bonchev–Trinajstić information content (AvgIpc) is 2.17. The van der Waals surface area contributed by atoms with Crippen LogP contribution in [0.25, 0.3) is 0 Å². The first-order valence-electron chi connectivity index (χ1n) is 3.77. The number of rotatable bonds is 3. The van der Waals surface area contributed by atoms with Crippen molar-refractivity contribution in [3.63, 3.8) is 0 Å². The van der Waals surface area contributed by atoms with E-state index in [9.17, 15) is 4.79 Å². The fraction of sp³-hybridized carbons (Fsp3) is 0. The van der Waals surface area contributed by atoms with Crippen molar-refractivity contribution in [2.75, 3.05) is 0 Å². The van der Waals surface area contributed by atoms with E-state index in [0.29, 0.717) is 5.56 Å². The van der Waals surface area contributed by atoms with Crippen molar-refractivity contribution in [1.29, 1.82) is 0 Å². The van der Waals surface area contributed by atoms with Crippen LogP contribution < -0.4 is 5.53 Å². The van der Waals surface area contributed by atoms with Crippen molar-refractivity contribution in [1.82, 2.24) is 5.53 Å². The highest BCUT2D eigenvalue weighted by molar-refractivity contribution is 5.87. The fourth-order valence-electron chi connectivity index (χ4n) is 0.647. The second kappa shape index (κ2) is 6.70. The Bertz CT molecular complexity index is 367. The molecule has 1 aromatic rings. The van der Waals surface area contributed by atoms with Crippen LogP contribution in [0.15, 0.2) is 30.3 Å². The van der Waals surface area contributed by atoms with Gasteiger partial charge in [0.25, 0.3) is 0 Å². The third kappa shape index (κ3) is 6.77. The average molecular weight is 229 g/mol. The zero-order chi connectivity index (χ0) is 12.6. The Balaban J connectivity index is 0.000000293. The zero-order valence-electron chi connectivity index (χ0n) is 7.77. The van der Waals surface area contributed by atoms with E-state index in [1.165, 1.54) is 0 Å². The number of carboxylic acid groups (broad SMARTS) is 1. The quantitative estimate of drug-likeness (QED) is 0.563. The number of hydrogen-bond acceptors (Lipinski definition) is 5. The minimum absolute atomic E-state index is 0.331. The number of carbonyl (C=O) groups is 1. The maximum absolute atomic E-state index is 10.2. The van der Waals surface area contributed by atoms with Crippen molar-refractivity contribution < 1.29 is 20.0 Å². The molecule has 0 saturated heterocycles. The Morgan fingerprint density at radius 1 is 1.12 bits per heavy atom. The highest BCUT2D eigenvalue weighted by Gasteiger charge is 1.99. The molecule has 2 N–H and O–H groups in total. The van der Waals surface area contributed by atoms with Crippen molar-refractivity contribution in [3.8, 4) is 0 Å². The summed E-state index contributed by atoms with van der Waals surface area (Å²) in [5.74, 6) is -0.879. The molecule has 0 aliphatic heterocycles. The molecule has 0 amide bonds. The van der Waals surface area contributed by atoms with Gasteiger partial charge in [0.05, 0.1) is 5.56 Å². The maximum Gasteiger partial charge on any atom is 0.335 e. The molecule has 0 heterocycles. The van der Waals surface area contributed by atoms with Crippen LogP contribution >= 0.6 is 0 Å². The lowest BCUT2D eigenvalue weighted by atomic mass is 10.2. The molecule has 0 aliphatic rings. The van der Waals surface area contributed by atoms with Gasteiger partial charge in [0, 0.05) is 0 Å². The van der Waals surface area contributed by atoms with Gasteiger partial charge in [0.15, 0.2) is 5.53 Å². The predicted octanol–water partition coefficient (Wildman–Crippen LogP) is 0.344. The molecule has 0 unspecified atom stereocenters. The predicted molar refractivity (Wildman–Crippen MR) is 50.5 cm³/mol. The van der Waals surface area contributed by atoms with Crippen LogP contribution in [0.3, 0.4) is 0 Å². The van der Waals surface area contributed by atoms with E-state index >= 15 is 0 Å². The molecule has 9 heteroatoms. The molecule has 1 aromatic carbocycles. The van der Waals surface area contributed by atoms with Crippen molar-refractivity contribution in [2.45, 2.75) is 0 Å². The van der Waals surface area contributed by atoms with E-state index in [1.807, 2.05) is 0 Å². The van der Waals surface area contributed by atoms with Crippen LogP contribution in [0.1, 0.15) is 10.4 Å². The maximum atomic E-state index is 10.2. The van der Waals surface area contributed by atoms with Crippen LogP contribution in [-0.2, 0) is 0 Å². The molecule has 16 heavy (non-hydrogen) atoms. The SMILES string of the molecule is O=C(O)c1ccccc1.O=[N+]([O-])N[N+](=O)[O-]. The number of hydrogen-bond donors (Lipinski definition) is 2. The van der Waals surface area contributed by atoms with Gasteiger partial charge in [-0.15, -0.1) is 0 Å². The molecule has 0 bridgehead atoms. The van der Waals surface area contributed by atoms with Gasteiger partial charge in [0.2, 0.25) is 10.1 Å². The third-order valence-corrected chi connectivity index (χ3v) is 1.18. The highest BCUT2D eigenvalue weighted by Crippen LogP contribution is 1.96. The molecule has 86 valence electrons. The number of nitrogens with one attached hydrogen (secondary N) is 1. The summed E-state index contributed by atoms with van der Waals surface area (Å²) < 4.78 is 0. The van der Waals surface area contributed by atoms with E-state index in [4.69, 9.17) is 25.3 Å². The molecule has 0 aliphatic carbocycles. The Hall–Kier alpha value is -2.71. The molecule has 0 spiro atoms. The number of benzene rings is 1. The molecule has 0 atom stereocenters. The highest BCUT2D eigenvalue weighted by atomic mass is 16.8. The van der Waals surface area contributed by atoms with Crippen LogP contribution in [-0.4, -0.2) is 21.1 Å². The van der Waals surface area contributed by atoms with Crippen LogP contribution in [0, 0.1) is 20.2 Å². The summed E-state index contributed by atoms with van der Waals surface area (Å²) in [6, 6.07) is 8.30. The summed E-state index contributed by atoms with van der Waals surface area (Å²) in [5, 5.41) is 24.0. The lowest BCUT2D eigenvalue weighted by Gasteiger charge is -1.88. The number of hydrazine groups is 2. The van der Waals surface area contributed by atoms with Crippen LogP contribution in [0.2, 0.25) is 0 Å². The minimum Gasteiger partial charge on any atom is -0.478 e. The number of nitrogens with zero attached hydrogens (tertiary/aromatic N) is 2. The summed E-state index contributed by atoms with van der Waals surface area (Å²) in [5.41, 5.74) is 1.08. The van der Waals surface area contributed by atoms with Crippen LogP contribution in [0.5, 0.6) is 0 Å². The second-order valence-electron chi connectivity index (χ2n) is 2.29. The molecule has 9 nitrogen and oxygen atoms in total. The molecule has 0 aromatic heterocycles. The van der Waals surface area contributed by atoms with E-state index in [-0.39, 0.29) is 0 Å². The fourth-order valence-corrected chi connectivity index (χ4v) is 0.647. The molecule has 1 rings (SSSR count). The standard InChI is InChI=1S/C7H6O2.HN3O4/c8-7(9)6-4-2-1-3-5-6;4-2(5)1-3(6)7/h1-5H,(H,8,9);1H. The smallest absolute Gasteiger partial charge is 0.335 e. The summed E-state index contributed by atoms with van der Waals surface area (Å²) in [6.45, 7) is 0. The minimum atomic E-state index is -1.25. The van der Waals surface area contributed by atoms with E-state index < -0.39 is 16.0 Å². The Morgan fingerprint density at radius 2 is 1.56 bits per heavy atom. The van der Waals surface area contributed by atoms with Gasteiger partial charge in [-0.1, -0.05) is 18.2 Å². The number of aromatic carboxylic acids is 1. The van der Waals surface area contributed by atoms with Gasteiger partial charge in [-0.25, -0.2) is 25.0 Å². The summed E-state index contributed by atoms with van der Waals surface area (Å²) in [7, 11) is 0. The topological polar surface area (TPSA) is 136 Å². The van der Waals surface area contributed by atoms with Crippen LogP contribution in [0.4, 0.5) is 0 Å². The van der Waals surface area contributed by atoms with Crippen molar-refractivity contribution in [2.24, 2.45) is 0 Å². The van der Waals surface area contributed by atoms with Gasteiger partial charge in [0.1, 0.15) is 0 Å². The van der Waals surface area contributed by atoms with Gasteiger partial charge >= 0.3 is 5.97 Å². The first kappa shape index (κ1) is 13.3. The van der Waals surface area contributed by atoms with Gasteiger partial charge < -0.3 is 5.11 Å². The third-order valence-electron chi connectivity index (χ3n) is 1.18. The first-order valence-corrected chi connectivity index (χ1v) is 3.77. The monoisotopic (exact) mass is 229 g/mol. The molecule has 0 saturated carbocycles. The Kier molecular flexibility index (Phi) is 5.57. The zero-order valence-corrected chi connectivity index (χ0v) is 7.77. The van der Waals surface area contributed by atoms with E-state index in [0.717, 1.165) is 5.53 Å². The van der Waals surface area contributed by atoms with Crippen molar-refractivity contribution in [3.05, 3.63) is 56.1 Å².